The molecule has 0 fully saturated rings. The van der Waals surface area contributed by atoms with E-state index < -0.39 is 10.0 Å². The molecule has 5 nitrogen and oxygen atoms in total. The van der Waals surface area contributed by atoms with Gasteiger partial charge in [-0.05, 0) is 35.9 Å². The Morgan fingerprint density at radius 1 is 1.07 bits per heavy atom. The lowest BCUT2D eigenvalue weighted by Gasteiger charge is -2.10. The van der Waals surface area contributed by atoms with Crippen molar-refractivity contribution < 1.29 is 8.42 Å². The molecule has 0 saturated carbocycles. The largest absolute Gasteiger partial charge is 0.268 e. The minimum atomic E-state index is -3.60. The molecular weight excluding hydrogens is 378 g/mol. The molecule has 0 saturated heterocycles. The van der Waals surface area contributed by atoms with Crippen LogP contribution in [0, 0.1) is 6.92 Å². The van der Waals surface area contributed by atoms with Crippen molar-refractivity contribution in [2.45, 2.75) is 18.4 Å². The summed E-state index contributed by atoms with van der Waals surface area (Å²) in [7, 11) is -3.60. The lowest BCUT2D eigenvalue weighted by molar-refractivity contribution is 0.557. The Kier molecular flexibility index (Phi) is 4.82. The highest BCUT2D eigenvalue weighted by Gasteiger charge is 2.17. The predicted molar refractivity (Wildman–Crippen MR) is 109 cm³/mol. The molecule has 2 heterocycles. The van der Waals surface area contributed by atoms with E-state index in [2.05, 4.69) is 9.82 Å². The van der Waals surface area contributed by atoms with Gasteiger partial charge in [-0.1, -0.05) is 42.5 Å². The van der Waals surface area contributed by atoms with Crippen molar-refractivity contribution in [1.29, 1.82) is 0 Å². The summed E-state index contributed by atoms with van der Waals surface area (Å²) >= 11 is 1.64. The number of aromatic nitrogens is 2. The fraction of sp³-hybridized carbons (Fsp3) is 0.150. The zero-order chi connectivity index (χ0) is 18.9. The molecule has 0 aliphatic rings. The van der Waals surface area contributed by atoms with Gasteiger partial charge < -0.3 is 0 Å². The number of fused-ring (bicyclic) bond motifs is 1. The molecule has 4 rings (SSSR count). The van der Waals surface area contributed by atoms with E-state index in [9.17, 15) is 8.42 Å². The molecule has 0 bridgehead atoms. The Bertz CT molecular complexity index is 1170. The molecule has 7 heteroatoms. The van der Waals surface area contributed by atoms with Crippen molar-refractivity contribution in [2.75, 3.05) is 6.54 Å². The first-order valence-electron chi connectivity index (χ1n) is 8.60. The lowest BCUT2D eigenvalue weighted by atomic mass is 10.1. The van der Waals surface area contributed by atoms with E-state index in [1.807, 2.05) is 65.5 Å². The van der Waals surface area contributed by atoms with Gasteiger partial charge in [0.15, 0.2) is 0 Å². The summed E-state index contributed by atoms with van der Waals surface area (Å²) in [6, 6.07) is 18.8. The van der Waals surface area contributed by atoms with E-state index in [1.54, 1.807) is 23.5 Å². The second kappa shape index (κ2) is 7.26. The molecule has 0 radical (unpaired) electrons. The Morgan fingerprint density at radius 3 is 2.70 bits per heavy atom. The Balaban J connectivity index is 1.50. The van der Waals surface area contributed by atoms with Gasteiger partial charge >= 0.3 is 0 Å². The van der Waals surface area contributed by atoms with Crippen LogP contribution in [0.4, 0.5) is 0 Å². The maximum absolute atomic E-state index is 12.8. The van der Waals surface area contributed by atoms with Crippen LogP contribution >= 0.6 is 11.3 Å². The summed E-state index contributed by atoms with van der Waals surface area (Å²) in [5, 5.41) is 8.23. The van der Waals surface area contributed by atoms with Crippen LogP contribution < -0.4 is 4.72 Å². The standard InChI is InChI=1S/C20H19N3O2S2/c1-15-14-18(19-9-5-13-26-19)22-23(15)12-11-21-27(24,25)20-10-4-7-16-6-2-3-8-17(16)20/h2-10,13-14,21H,11-12H2,1H3. The molecule has 0 unspecified atom stereocenters. The van der Waals surface area contributed by atoms with Gasteiger partial charge in [0.05, 0.1) is 16.3 Å². The molecule has 138 valence electrons. The van der Waals surface area contributed by atoms with Crippen LogP contribution in [0.5, 0.6) is 0 Å². The molecule has 0 aliphatic carbocycles. The monoisotopic (exact) mass is 397 g/mol. The van der Waals surface area contributed by atoms with Crippen LogP contribution in [-0.4, -0.2) is 24.7 Å². The van der Waals surface area contributed by atoms with Gasteiger partial charge in [0.1, 0.15) is 5.69 Å². The first kappa shape index (κ1) is 17.9. The number of sulfonamides is 1. The molecule has 27 heavy (non-hydrogen) atoms. The summed E-state index contributed by atoms with van der Waals surface area (Å²) in [4.78, 5) is 1.41. The van der Waals surface area contributed by atoms with E-state index in [0.717, 1.165) is 27.0 Å². The van der Waals surface area contributed by atoms with Crippen LogP contribution in [-0.2, 0) is 16.6 Å². The summed E-state index contributed by atoms with van der Waals surface area (Å²) in [6.07, 6.45) is 0. The van der Waals surface area contributed by atoms with Gasteiger partial charge in [0.25, 0.3) is 0 Å². The molecule has 2 aromatic heterocycles. The highest BCUT2D eigenvalue weighted by atomic mass is 32.2. The molecule has 0 atom stereocenters. The van der Waals surface area contributed by atoms with Crippen molar-refractivity contribution in [1.82, 2.24) is 14.5 Å². The van der Waals surface area contributed by atoms with Gasteiger partial charge in [0, 0.05) is 17.6 Å². The highest BCUT2D eigenvalue weighted by Crippen LogP contribution is 2.24. The molecular formula is C20H19N3O2S2. The third-order valence-corrected chi connectivity index (χ3v) is 6.82. The fourth-order valence-electron chi connectivity index (χ4n) is 3.07. The number of rotatable bonds is 6. The van der Waals surface area contributed by atoms with E-state index in [4.69, 9.17) is 0 Å². The summed E-state index contributed by atoms with van der Waals surface area (Å²) in [5.74, 6) is 0. The molecule has 0 aliphatic heterocycles. The first-order chi connectivity index (χ1) is 13.0. The zero-order valence-corrected chi connectivity index (χ0v) is 16.4. The lowest BCUT2D eigenvalue weighted by Crippen LogP contribution is -2.28. The van der Waals surface area contributed by atoms with E-state index in [0.29, 0.717) is 11.4 Å². The summed E-state index contributed by atoms with van der Waals surface area (Å²) in [5.41, 5.74) is 1.92. The van der Waals surface area contributed by atoms with E-state index in [1.165, 1.54) is 0 Å². The maximum atomic E-state index is 12.8. The maximum Gasteiger partial charge on any atom is 0.241 e. The molecule has 2 aromatic carbocycles. The van der Waals surface area contributed by atoms with Crippen LogP contribution in [0.2, 0.25) is 0 Å². The molecule has 1 N–H and O–H groups in total. The van der Waals surface area contributed by atoms with Crippen molar-refractivity contribution in [3.8, 4) is 10.6 Å². The third-order valence-electron chi connectivity index (χ3n) is 4.41. The van der Waals surface area contributed by atoms with E-state index in [-0.39, 0.29) is 6.54 Å². The fourth-order valence-corrected chi connectivity index (χ4v) is 5.00. The average Bonchev–Trinajstić information content (AvgIpc) is 3.31. The predicted octanol–water partition coefficient (Wildman–Crippen LogP) is 4.05. The van der Waals surface area contributed by atoms with Gasteiger partial charge in [0.2, 0.25) is 10.0 Å². The van der Waals surface area contributed by atoms with Crippen LogP contribution in [0.3, 0.4) is 0 Å². The number of nitrogens with one attached hydrogen (secondary N) is 1. The Hall–Kier alpha value is -2.48. The summed E-state index contributed by atoms with van der Waals surface area (Å²) < 4.78 is 30.1. The quantitative estimate of drug-likeness (QED) is 0.534. The number of nitrogens with zero attached hydrogens (tertiary/aromatic N) is 2. The smallest absolute Gasteiger partial charge is 0.241 e. The molecule has 0 amide bonds. The highest BCUT2D eigenvalue weighted by molar-refractivity contribution is 7.89. The van der Waals surface area contributed by atoms with Crippen molar-refractivity contribution in [3.63, 3.8) is 0 Å². The third kappa shape index (κ3) is 3.66. The van der Waals surface area contributed by atoms with Crippen LogP contribution in [0.1, 0.15) is 5.69 Å². The summed E-state index contributed by atoms with van der Waals surface area (Å²) in [6.45, 7) is 2.72. The Morgan fingerprint density at radius 2 is 1.89 bits per heavy atom. The van der Waals surface area contributed by atoms with Gasteiger partial charge in [-0.3, -0.25) is 4.68 Å². The van der Waals surface area contributed by atoms with Crippen LogP contribution in [0.15, 0.2) is 70.9 Å². The number of benzene rings is 2. The average molecular weight is 398 g/mol. The number of hydrogen-bond donors (Lipinski definition) is 1. The van der Waals surface area contributed by atoms with Crippen LogP contribution in [0.25, 0.3) is 21.3 Å². The zero-order valence-electron chi connectivity index (χ0n) is 14.8. The van der Waals surface area contributed by atoms with Crippen molar-refractivity contribution in [3.05, 3.63) is 71.7 Å². The number of hydrogen-bond acceptors (Lipinski definition) is 4. The topological polar surface area (TPSA) is 64.0 Å². The van der Waals surface area contributed by atoms with Gasteiger partial charge in [-0.25, -0.2) is 13.1 Å². The second-order valence-corrected chi connectivity index (χ2v) is 8.93. The molecule has 4 aromatic rings. The SMILES string of the molecule is Cc1cc(-c2cccs2)nn1CCNS(=O)(=O)c1cccc2ccccc12. The first-order valence-corrected chi connectivity index (χ1v) is 11.0. The van der Waals surface area contributed by atoms with Gasteiger partial charge in [-0.15, -0.1) is 11.3 Å². The van der Waals surface area contributed by atoms with Gasteiger partial charge in [-0.2, -0.15) is 5.10 Å². The number of thiophene rings is 1. The molecule has 0 spiro atoms. The minimum absolute atomic E-state index is 0.276. The normalized spacial score (nSPS) is 11.9. The minimum Gasteiger partial charge on any atom is -0.268 e. The van der Waals surface area contributed by atoms with Crippen molar-refractivity contribution >= 4 is 32.1 Å². The second-order valence-electron chi connectivity index (χ2n) is 6.25. The van der Waals surface area contributed by atoms with E-state index >= 15 is 0 Å². The number of aryl methyl sites for hydroxylation is 1. The van der Waals surface area contributed by atoms with Crippen molar-refractivity contribution in [2.24, 2.45) is 0 Å². The Labute approximate surface area is 162 Å².